The number of methoxy groups -OCH3 is 2. The van der Waals surface area contributed by atoms with Gasteiger partial charge in [-0.2, -0.15) is 0 Å². The number of carbonyl (C=O) groups excluding carboxylic acids is 2. The number of carbonyl (C=O) groups is 2. The minimum Gasteiger partial charge on any atom is -0.456 e. The lowest BCUT2D eigenvalue weighted by atomic mass is 9.44. The molecule has 0 aromatic rings. The molecule has 27 atom stereocenters. The average Bonchev–Trinajstić information content (AvgIpc) is 3.65. The van der Waals surface area contributed by atoms with Crippen LogP contribution in [0.15, 0.2) is 23.3 Å². The first-order valence-electron chi connectivity index (χ1n) is 26.2. The highest BCUT2D eigenvalue weighted by atomic mass is 16.8. The van der Waals surface area contributed by atoms with Gasteiger partial charge in [-0.1, -0.05) is 31.6 Å². The first-order chi connectivity index (χ1) is 34.5. The van der Waals surface area contributed by atoms with E-state index in [1.165, 1.54) is 21.0 Å². The fourth-order valence-corrected chi connectivity index (χ4v) is 14.1. The number of fused-ring (bicyclic) bond motifs is 5. The lowest BCUT2D eigenvalue weighted by Crippen LogP contribution is -2.72. The van der Waals surface area contributed by atoms with Crippen LogP contribution in [0.5, 0.6) is 0 Å². The zero-order valence-corrected chi connectivity index (χ0v) is 43.8. The van der Waals surface area contributed by atoms with Gasteiger partial charge in [-0.25, -0.2) is 4.79 Å². The van der Waals surface area contributed by atoms with Crippen molar-refractivity contribution < 1.29 is 103 Å². The van der Waals surface area contributed by atoms with E-state index in [1.54, 1.807) is 40.9 Å². The van der Waals surface area contributed by atoms with Gasteiger partial charge < -0.3 is 93.0 Å². The van der Waals surface area contributed by atoms with Crippen LogP contribution in [-0.4, -0.2) is 208 Å². The van der Waals surface area contributed by atoms with E-state index in [-0.39, 0.29) is 24.2 Å². The molecule has 0 bridgehead atoms. The van der Waals surface area contributed by atoms with Crippen molar-refractivity contribution in [1.29, 1.82) is 0 Å². The van der Waals surface area contributed by atoms with Gasteiger partial charge in [-0.05, 0) is 91.4 Å². The number of aliphatic hydroxyl groups is 8. The summed E-state index contributed by atoms with van der Waals surface area (Å²) in [6.07, 6.45) is -15.1. The summed E-state index contributed by atoms with van der Waals surface area (Å²) in [6, 6.07) is 0. The Bertz CT molecular complexity index is 2000. The van der Waals surface area contributed by atoms with Crippen molar-refractivity contribution in [2.75, 3.05) is 20.8 Å². The second kappa shape index (κ2) is 22.3. The van der Waals surface area contributed by atoms with Crippen molar-refractivity contribution in [2.24, 2.45) is 28.6 Å². The molecule has 0 radical (unpaired) electrons. The molecule has 73 heavy (non-hydrogen) atoms. The van der Waals surface area contributed by atoms with Crippen LogP contribution in [0.1, 0.15) is 107 Å². The summed E-state index contributed by atoms with van der Waals surface area (Å²) in [5.41, 5.74) is -1.60. The molecule has 4 aliphatic heterocycles. The molecule has 7 fully saturated rings. The van der Waals surface area contributed by atoms with Gasteiger partial charge in [0.15, 0.2) is 25.2 Å². The molecule has 21 unspecified atom stereocenters. The standard InChI is InChI=1S/C52H82O21/c1-11-22(2)47(61)71-44-36-30(52(62)17-15-29(23(3)54)51(52,8)46(44)60)13-12-27-18-28(14-16-50(27,36)7)68-34-19-31(63-9)42(25(5)65-34)70-35-20-32(64-10)43(26(6)66-35)72-49-41(59)45(37(55)24(4)67-49)73-48-40(58)39(57)38(56)33(21-53)69-48/h11-12,24-26,28-46,48-49,53,55-60,62H,13-21H2,1-10H3/b22-11+/t24?,25?,26?,28-,29+,30?,31?,32?,33?,34?,35?,36?,37?,38?,39?,40?,41?,42?,43?,44?,45?,46+,48?,49?,50-,51-,52-/m0/s1. The first kappa shape index (κ1) is 57.1. The third kappa shape index (κ3) is 10.2. The second-order valence-corrected chi connectivity index (χ2v) is 22.5. The molecule has 21 nitrogen and oxygen atoms in total. The summed E-state index contributed by atoms with van der Waals surface area (Å²) in [5.74, 6) is -1.99. The highest BCUT2D eigenvalue weighted by Gasteiger charge is 2.74. The summed E-state index contributed by atoms with van der Waals surface area (Å²) in [5, 5.41) is 88.3. The van der Waals surface area contributed by atoms with Crippen molar-refractivity contribution >= 4 is 11.8 Å². The van der Waals surface area contributed by atoms with Gasteiger partial charge in [-0.3, -0.25) is 4.79 Å². The Kier molecular flexibility index (Phi) is 17.5. The molecule has 0 aromatic heterocycles. The molecular formula is C52H82O21. The van der Waals surface area contributed by atoms with Crippen molar-refractivity contribution in [3.63, 3.8) is 0 Å². The molecule has 8 N–H and O–H groups in total. The lowest BCUT2D eigenvalue weighted by molar-refractivity contribution is -0.373. The minimum atomic E-state index is -1.77. The van der Waals surface area contributed by atoms with Crippen molar-refractivity contribution in [3.05, 3.63) is 23.3 Å². The number of hydrogen-bond donors (Lipinski definition) is 8. The van der Waals surface area contributed by atoms with Crippen LogP contribution >= 0.6 is 0 Å². The summed E-state index contributed by atoms with van der Waals surface area (Å²) < 4.78 is 67.8. The predicted octanol–water partition coefficient (Wildman–Crippen LogP) is 0.835. The van der Waals surface area contributed by atoms with Gasteiger partial charge in [0, 0.05) is 49.9 Å². The Morgan fingerprint density at radius 1 is 0.726 bits per heavy atom. The van der Waals surface area contributed by atoms with Crippen molar-refractivity contribution in [1.82, 2.24) is 0 Å². The minimum absolute atomic E-state index is 0.0966. The Labute approximate surface area is 427 Å². The highest BCUT2D eigenvalue weighted by molar-refractivity contribution is 5.88. The maximum absolute atomic E-state index is 13.5. The third-order valence-electron chi connectivity index (χ3n) is 18.5. The van der Waals surface area contributed by atoms with Crippen molar-refractivity contribution in [3.8, 4) is 0 Å². The smallest absolute Gasteiger partial charge is 0.333 e. The third-order valence-corrected chi connectivity index (χ3v) is 18.5. The maximum atomic E-state index is 13.5. The Balaban J connectivity index is 0.891. The van der Waals surface area contributed by atoms with E-state index in [4.69, 9.17) is 52.1 Å². The summed E-state index contributed by atoms with van der Waals surface area (Å²) in [6.45, 7) is 13.3. The Morgan fingerprint density at radius 3 is 1.93 bits per heavy atom. The molecule has 0 spiro atoms. The molecule has 8 aliphatic rings. The summed E-state index contributed by atoms with van der Waals surface area (Å²) >= 11 is 0. The molecule has 0 aromatic carbocycles. The average molecular weight is 1040 g/mol. The van der Waals surface area contributed by atoms with Gasteiger partial charge in [0.05, 0.1) is 48.8 Å². The zero-order chi connectivity index (χ0) is 53.2. The number of ether oxygens (including phenoxy) is 11. The number of ketones is 1. The Morgan fingerprint density at radius 2 is 1.33 bits per heavy atom. The fourth-order valence-electron chi connectivity index (χ4n) is 14.1. The maximum Gasteiger partial charge on any atom is 0.333 e. The van der Waals surface area contributed by atoms with Gasteiger partial charge in [0.2, 0.25) is 0 Å². The molecule has 21 heteroatoms. The van der Waals surface area contributed by atoms with Crippen LogP contribution < -0.4 is 0 Å². The number of allylic oxidation sites excluding steroid dienone is 2. The Hall–Kier alpha value is -2.10. The van der Waals surface area contributed by atoms with E-state index in [0.29, 0.717) is 50.5 Å². The van der Waals surface area contributed by atoms with Gasteiger partial charge in [-0.15, -0.1) is 0 Å². The van der Waals surface area contributed by atoms with Gasteiger partial charge in [0.1, 0.15) is 72.9 Å². The quantitative estimate of drug-likeness (QED) is 0.0679. The molecule has 4 saturated heterocycles. The summed E-state index contributed by atoms with van der Waals surface area (Å²) in [4.78, 5) is 26.5. The van der Waals surface area contributed by atoms with Gasteiger partial charge >= 0.3 is 5.97 Å². The predicted molar refractivity (Wildman–Crippen MR) is 253 cm³/mol. The van der Waals surface area contributed by atoms with Gasteiger partial charge in [0.25, 0.3) is 0 Å². The number of aliphatic hydroxyl groups excluding tert-OH is 7. The highest BCUT2D eigenvalue weighted by Crippen LogP contribution is 2.68. The van der Waals surface area contributed by atoms with Crippen molar-refractivity contribution in [2.45, 2.75) is 241 Å². The molecule has 416 valence electrons. The molecule has 3 saturated carbocycles. The molecule has 8 rings (SSSR count). The zero-order valence-electron chi connectivity index (χ0n) is 43.8. The monoisotopic (exact) mass is 1040 g/mol. The number of esters is 1. The normalized spacial score (nSPS) is 51.3. The van der Waals surface area contributed by atoms with Crippen LogP contribution in [0.3, 0.4) is 0 Å². The van der Waals surface area contributed by atoms with Crippen LogP contribution in [0.2, 0.25) is 0 Å². The van der Waals surface area contributed by atoms with Crippen LogP contribution in [-0.2, 0) is 61.7 Å². The lowest BCUT2D eigenvalue weighted by Gasteiger charge is -2.64. The molecule has 0 amide bonds. The molecular weight excluding hydrogens is 961 g/mol. The topological polar surface area (TPSA) is 298 Å². The van der Waals surface area contributed by atoms with Crippen LogP contribution in [0, 0.1) is 28.6 Å². The fraction of sp³-hybridized carbons (Fsp3) is 0.885. The second-order valence-electron chi connectivity index (χ2n) is 22.5. The first-order valence-corrected chi connectivity index (χ1v) is 26.2. The van der Waals surface area contributed by atoms with E-state index in [9.17, 15) is 50.4 Å². The van der Waals surface area contributed by atoms with E-state index < -0.39 is 164 Å². The van der Waals surface area contributed by atoms with E-state index in [1.807, 2.05) is 6.92 Å². The SMILES string of the molecule is C/C=C(\C)C(=O)OC1C2C(CC=C3C[C@@H](OC4CC(OC)C(OC5CC(OC)C(OC6OC(C)C(O)C(OC7OC(CO)C(O)C(O)C7O)C6O)C(C)O5)C(C)O4)CC[C@@]32C)[C@@]2(O)CC[C@H](C(C)=O)[C@@]2(C)[C@@H]1O. The van der Waals surface area contributed by atoms with Crippen LogP contribution in [0.25, 0.3) is 0 Å². The largest absolute Gasteiger partial charge is 0.456 e. The number of hydrogen-bond acceptors (Lipinski definition) is 21. The van der Waals surface area contributed by atoms with E-state index in [0.717, 1.165) is 5.57 Å². The number of Topliss-reactive ketones (excluding diaryl/α,β-unsaturated/α-hetero) is 1. The van der Waals surface area contributed by atoms with E-state index >= 15 is 0 Å². The van der Waals surface area contributed by atoms with Crippen LogP contribution in [0.4, 0.5) is 0 Å². The number of rotatable bonds is 14. The van der Waals surface area contributed by atoms with E-state index in [2.05, 4.69) is 13.0 Å². The molecule has 4 heterocycles. The summed E-state index contributed by atoms with van der Waals surface area (Å²) in [7, 11) is 3.10. The molecule has 4 aliphatic carbocycles.